The number of hydrogen-bond acceptors (Lipinski definition) is 3. The molecule has 2 N–H and O–H groups in total. The minimum absolute atomic E-state index is 0. The highest BCUT2D eigenvalue weighted by atomic mass is 35.5. The average molecular weight is 221 g/mol. The van der Waals surface area contributed by atoms with Gasteiger partial charge in [-0.05, 0) is 6.42 Å². The summed E-state index contributed by atoms with van der Waals surface area (Å²) in [6.45, 7) is 3.15. The Balaban J connectivity index is 0.000000980. The molecule has 2 aliphatic heterocycles. The number of carbonyl (C=O) groups excluding carboxylic acids is 1. The zero-order chi connectivity index (χ0) is 9.31. The van der Waals surface area contributed by atoms with E-state index in [4.69, 9.17) is 4.74 Å². The lowest BCUT2D eigenvalue weighted by molar-refractivity contribution is -0.138. The molecule has 0 aromatic heterocycles. The van der Waals surface area contributed by atoms with Gasteiger partial charge in [0.15, 0.2) is 0 Å². The van der Waals surface area contributed by atoms with Crippen LogP contribution in [-0.2, 0) is 9.53 Å². The molecule has 5 heteroatoms. The lowest BCUT2D eigenvalue weighted by Crippen LogP contribution is -2.49. The summed E-state index contributed by atoms with van der Waals surface area (Å²) in [7, 11) is 1.71. The van der Waals surface area contributed by atoms with Gasteiger partial charge in [-0.25, -0.2) is 0 Å². The number of amides is 1. The van der Waals surface area contributed by atoms with Gasteiger partial charge in [0.25, 0.3) is 0 Å². The van der Waals surface area contributed by atoms with Crippen molar-refractivity contribution < 1.29 is 9.53 Å². The molecule has 4 nitrogen and oxygen atoms in total. The molecule has 0 spiro atoms. The molecule has 2 aliphatic rings. The Hall–Kier alpha value is -0.320. The van der Waals surface area contributed by atoms with E-state index in [0.717, 1.165) is 26.1 Å². The van der Waals surface area contributed by atoms with Crippen LogP contribution in [0, 0.1) is 11.3 Å². The van der Waals surface area contributed by atoms with E-state index in [2.05, 4.69) is 10.6 Å². The number of rotatable bonds is 1. The molecule has 2 heterocycles. The second-order valence-corrected chi connectivity index (χ2v) is 3.89. The minimum Gasteiger partial charge on any atom is -0.381 e. The SMILES string of the molecule is CNC(=O)[C@@]12CCOC[C@@H]1CNC2.Cl. The van der Waals surface area contributed by atoms with Crippen molar-refractivity contribution in [2.45, 2.75) is 6.42 Å². The topological polar surface area (TPSA) is 50.4 Å². The molecule has 82 valence electrons. The summed E-state index contributed by atoms with van der Waals surface area (Å²) in [4.78, 5) is 11.8. The first-order valence-corrected chi connectivity index (χ1v) is 4.80. The van der Waals surface area contributed by atoms with Gasteiger partial charge < -0.3 is 15.4 Å². The van der Waals surface area contributed by atoms with Gasteiger partial charge in [-0.2, -0.15) is 0 Å². The summed E-state index contributed by atoms with van der Waals surface area (Å²) in [5, 5.41) is 6.04. The second kappa shape index (κ2) is 4.47. The van der Waals surface area contributed by atoms with E-state index >= 15 is 0 Å². The third-order valence-corrected chi connectivity index (χ3v) is 3.30. The minimum atomic E-state index is -0.187. The van der Waals surface area contributed by atoms with Crippen molar-refractivity contribution in [2.75, 3.05) is 33.4 Å². The van der Waals surface area contributed by atoms with Gasteiger partial charge in [0.1, 0.15) is 0 Å². The van der Waals surface area contributed by atoms with E-state index in [0.29, 0.717) is 12.5 Å². The Kier molecular flexibility index (Phi) is 3.75. The van der Waals surface area contributed by atoms with Gasteiger partial charge in [-0.3, -0.25) is 4.79 Å². The molecular weight excluding hydrogens is 204 g/mol. The molecule has 0 bridgehead atoms. The first-order valence-electron chi connectivity index (χ1n) is 4.80. The van der Waals surface area contributed by atoms with Crippen LogP contribution in [0.1, 0.15) is 6.42 Å². The van der Waals surface area contributed by atoms with Crippen molar-refractivity contribution in [3.63, 3.8) is 0 Å². The number of carbonyl (C=O) groups is 1. The average Bonchev–Trinajstić information content (AvgIpc) is 2.61. The van der Waals surface area contributed by atoms with E-state index in [9.17, 15) is 4.79 Å². The normalized spacial score (nSPS) is 35.6. The summed E-state index contributed by atoms with van der Waals surface area (Å²) < 4.78 is 5.38. The van der Waals surface area contributed by atoms with Crippen molar-refractivity contribution >= 4 is 18.3 Å². The van der Waals surface area contributed by atoms with Gasteiger partial charge in [-0.1, -0.05) is 0 Å². The number of ether oxygens (including phenoxy) is 1. The smallest absolute Gasteiger partial charge is 0.227 e. The predicted octanol–water partition coefficient (Wildman–Crippen LogP) is -0.220. The standard InChI is InChI=1S/C9H16N2O2.ClH/c1-10-8(12)9-2-3-13-5-7(9)4-11-6-9;/h7,11H,2-6H2,1H3,(H,10,12);1H/t7-,9+;/m0./s1. The molecule has 0 aromatic rings. The maximum atomic E-state index is 11.8. The fourth-order valence-electron chi connectivity index (χ4n) is 2.43. The Morgan fingerprint density at radius 1 is 1.64 bits per heavy atom. The maximum absolute atomic E-state index is 11.8. The van der Waals surface area contributed by atoms with Crippen LogP contribution in [0.3, 0.4) is 0 Å². The first-order chi connectivity index (χ1) is 6.29. The zero-order valence-electron chi connectivity index (χ0n) is 8.34. The van der Waals surface area contributed by atoms with Crippen LogP contribution in [0.2, 0.25) is 0 Å². The monoisotopic (exact) mass is 220 g/mol. The molecule has 14 heavy (non-hydrogen) atoms. The van der Waals surface area contributed by atoms with E-state index in [1.165, 1.54) is 0 Å². The molecule has 0 saturated carbocycles. The summed E-state index contributed by atoms with van der Waals surface area (Å²) in [5.74, 6) is 0.534. The molecule has 2 atom stereocenters. The zero-order valence-corrected chi connectivity index (χ0v) is 9.15. The molecule has 2 fully saturated rings. The second-order valence-electron chi connectivity index (χ2n) is 3.89. The molecule has 0 unspecified atom stereocenters. The Labute approximate surface area is 90.2 Å². The van der Waals surface area contributed by atoms with Crippen molar-refractivity contribution in [3.8, 4) is 0 Å². The summed E-state index contributed by atoms with van der Waals surface area (Å²) in [6, 6.07) is 0. The van der Waals surface area contributed by atoms with Crippen LogP contribution in [0.15, 0.2) is 0 Å². The third kappa shape index (κ3) is 1.62. The highest BCUT2D eigenvalue weighted by Gasteiger charge is 2.50. The Morgan fingerprint density at radius 3 is 3.14 bits per heavy atom. The summed E-state index contributed by atoms with van der Waals surface area (Å²) in [6.07, 6.45) is 0.852. The van der Waals surface area contributed by atoms with Gasteiger partial charge >= 0.3 is 0 Å². The van der Waals surface area contributed by atoms with Gasteiger partial charge in [-0.15, -0.1) is 12.4 Å². The first kappa shape index (κ1) is 11.8. The van der Waals surface area contributed by atoms with Crippen molar-refractivity contribution in [2.24, 2.45) is 11.3 Å². The molecule has 2 saturated heterocycles. The van der Waals surface area contributed by atoms with Crippen molar-refractivity contribution in [1.29, 1.82) is 0 Å². The van der Waals surface area contributed by atoms with Crippen LogP contribution in [0.25, 0.3) is 0 Å². The molecule has 1 amide bonds. The van der Waals surface area contributed by atoms with E-state index < -0.39 is 0 Å². The van der Waals surface area contributed by atoms with Gasteiger partial charge in [0, 0.05) is 32.7 Å². The molecule has 2 rings (SSSR count). The van der Waals surface area contributed by atoms with Crippen LogP contribution in [0.4, 0.5) is 0 Å². The van der Waals surface area contributed by atoms with E-state index in [1.54, 1.807) is 7.05 Å². The van der Waals surface area contributed by atoms with Crippen LogP contribution in [0.5, 0.6) is 0 Å². The largest absolute Gasteiger partial charge is 0.381 e. The van der Waals surface area contributed by atoms with Crippen molar-refractivity contribution in [1.82, 2.24) is 10.6 Å². The number of hydrogen-bond donors (Lipinski definition) is 2. The fourth-order valence-corrected chi connectivity index (χ4v) is 2.43. The molecule has 0 aliphatic carbocycles. The molecule has 0 aromatic carbocycles. The van der Waals surface area contributed by atoms with Crippen molar-refractivity contribution in [3.05, 3.63) is 0 Å². The summed E-state index contributed by atoms with van der Waals surface area (Å²) in [5.41, 5.74) is -0.187. The lowest BCUT2D eigenvalue weighted by atomic mass is 9.74. The van der Waals surface area contributed by atoms with E-state index in [-0.39, 0.29) is 23.7 Å². The van der Waals surface area contributed by atoms with Crippen LogP contribution < -0.4 is 10.6 Å². The maximum Gasteiger partial charge on any atom is 0.227 e. The predicted molar refractivity (Wildman–Crippen MR) is 55.5 cm³/mol. The lowest BCUT2D eigenvalue weighted by Gasteiger charge is -2.36. The number of halogens is 1. The fraction of sp³-hybridized carbons (Fsp3) is 0.889. The Bertz CT molecular complexity index is 225. The Morgan fingerprint density at radius 2 is 2.43 bits per heavy atom. The van der Waals surface area contributed by atoms with Gasteiger partial charge in [0.05, 0.1) is 12.0 Å². The summed E-state index contributed by atoms with van der Waals surface area (Å²) >= 11 is 0. The quantitative estimate of drug-likeness (QED) is 0.643. The van der Waals surface area contributed by atoms with E-state index in [1.807, 2.05) is 0 Å². The highest BCUT2D eigenvalue weighted by molar-refractivity contribution is 5.85. The van der Waals surface area contributed by atoms with Crippen LogP contribution in [-0.4, -0.2) is 39.3 Å². The van der Waals surface area contributed by atoms with Crippen LogP contribution >= 0.6 is 12.4 Å². The van der Waals surface area contributed by atoms with Gasteiger partial charge in [0.2, 0.25) is 5.91 Å². The highest BCUT2D eigenvalue weighted by Crippen LogP contribution is 2.38. The molecular formula is C9H17ClN2O2. The third-order valence-electron chi connectivity index (χ3n) is 3.30. The molecule has 0 radical (unpaired) electrons. The number of fused-ring (bicyclic) bond motifs is 1. The number of nitrogens with one attached hydrogen (secondary N) is 2.